The molecule has 0 saturated carbocycles. The number of anilines is 1. The van der Waals surface area contributed by atoms with Gasteiger partial charge in [0.2, 0.25) is 5.95 Å². The molecule has 2 unspecified atom stereocenters. The normalized spacial score (nSPS) is 27.4. The number of nitrogen functional groups attached to an aromatic ring is 1. The van der Waals surface area contributed by atoms with Gasteiger partial charge in [-0.2, -0.15) is 0 Å². The van der Waals surface area contributed by atoms with Crippen molar-refractivity contribution in [2.45, 2.75) is 32.4 Å². The standard InChI is InChI=1S/C8H15N5O/c1-5(2)7-3-6(4-14-7)13-8(9)10-11-12-13/h5-7H,3-4H2,1-2H3,(H2,9,10,12). The molecule has 1 aromatic heterocycles. The SMILES string of the molecule is CC(C)C1CC(n2nnnc2N)CO1. The zero-order valence-electron chi connectivity index (χ0n) is 8.42. The summed E-state index contributed by atoms with van der Waals surface area (Å²) in [6.07, 6.45) is 1.23. The number of aromatic nitrogens is 4. The number of nitrogens with two attached hydrogens (primary N) is 1. The lowest BCUT2D eigenvalue weighted by atomic mass is 10.0. The molecule has 0 spiro atoms. The Hall–Kier alpha value is -1.17. The second kappa shape index (κ2) is 3.53. The fourth-order valence-corrected chi connectivity index (χ4v) is 1.73. The molecule has 6 nitrogen and oxygen atoms in total. The Kier molecular flexibility index (Phi) is 2.37. The van der Waals surface area contributed by atoms with E-state index in [9.17, 15) is 0 Å². The van der Waals surface area contributed by atoms with Crippen molar-refractivity contribution in [1.29, 1.82) is 0 Å². The predicted octanol–water partition coefficient (Wildman–Crippen LogP) is 0.241. The van der Waals surface area contributed by atoms with Gasteiger partial charge in [-0.1, -0.05) is 18.9 Å². The third-order valence-corrected chi connectivity index (χ3v) is 2.61. The van der Waals surface area contributed by atoms with Gasteiger partial charge in [-0.15, -0.1) is 0 Å². The first-order valence-electron chi connectivity index (χ1n) is 4.83. The molecule has 14 heavy (non-hydrogen) atoms. The summed E-state index contributed by atoms with van der Waals surface area (Å²) in [4.78, 5) is 0. The quantitative estimate of drug-likeness (QED) is 0.734. The lowest BCUT2D eigenvalue weighted by molar-refractivity contribution is 0.0731. The fraction of sp³-hybridized carbons (Fsp3) is 0.875. The average Bonchev–Trinajstić information content (AvgIpc) is 2.71. The number of tetrazole rings is 1. The second-order valence-electron chi connectivity index (χ2n) is 3.99. The van der Waals surface area contributed by atoms with E-state index < -0.39 is 0 Å². The summed E-state index contributed by atoms with van der Waals surface area (Å²) < 4.78 is 7.28. The summed E-state index contributed by atoms with van der Waals surface area (Å²) >= 11 is 0. The number of nitrogens with zero attached hydrogens (tertiary/aromatic N) is 4. The van der Waals surface area contributed by atoms with Gasteiger partial charge in [-0.25, -0.2) is 4.68 Å². The first-order valence-corrected chi connectivity index (χ1v) is 4.83. The lowest BCUT2D eigenvalue weighted by Crippen LogP contribution is -2.15. The maximum absolute atomic E-state index is 5.63. The fourth-order valence-electron chi connectivity index (χ4n) is 1.73. The van der Waals surface area contributed by atoms with Crippen LogP contribution in [0.3, 0.4) is 0 Å². The van der Waals surface area contributed by atoms with Crippen LogP contribution in [0.25, 0.3) is 0 Å². The minimum atomic E-state index is 0.192. The van der Waals surface area contributed by atoms with Crippen molar-refractivity contribution in [3.05, 3.63) is 0 Å². The van der Waals surface area contributed by atoms with Crippen molar-refractivity contribution in [2.75, 3.05) is 12.3 Å². The molecule has 0 aliphatic carbocycles. The van der Waals surface area contributed by atoms with E-state index in [2.05, 4.69) is 29.4 Å². The maximum atomic E-state index is 5.63. The van der Waals surface area contributed by atoms with Crippen molar-refractivity contribution in [1.82, 2.24) is 20.2 Å². The second-order valence-corrected chi connectivity index (χ2v) is 3.99. The van der Waals surface area contributed by atoms with E-state index in [4.69, 9.17) is 10.5 Å². The monoisotopic (exact) mass is 197 g/mol. The molecular weight excluding hydrogens is 182 g/mol. The van der Waals surface area contributed by atoms with Crippen LogP contribution in [0.1, 0.15) is 26.3 Å². The Morgan fingerprint density at radius 3 is 2.86 bits per heavy atom. The molecule has 1 aromatic rings. The zero-order valence-corrected chi connectivity index (χ0v) is 8.42. The van der Waals surface area contributed by atoms with Gasteiger partial charge in [-0.3, -0.25) is 0 Å². The molecule has 1 saturated heterocycles. The van der Waals surface area contributed by atoms with E-state index in [1.807, 2.05) is 0 Å². The van der Waals surface area contributed by atoms with E-state index in [0.29, 0.717) is 24.6 Å². The molecule has 6 heteroatoms. The maximum Gasteiger partial charge on any atom is 0.240 e. The smallest absolute Gasteiger partial charge is 0.240 e. The summed E-state index contributed by atoms with van der Waals surface area (Å²) in [7, 11) is 0. The molecule has 2 atom stereocenters. The molecule has 2 N–H and O–H groups in total. The molecule has 0 amide bonds. The number of rotatable bonds is 2. The van der Waals surface area contributed by atoms with E-state index >= 15 is 0 Å². The molecule has 1 fully saturated rings. The molecule has 2 heterocycles. The summed E-state index contributed by atoms with van der Waals surface area (Å²) in [6, 6.07) is 0.192. The van der Waals surface area contributed by atoms with E-state index in [1.54, 1.807) is 4.68 Å². The molecule has 0 bridgehead atoms. The first kappa shape index (κ1) is 9.39. The van der Waals surface area contributed by atoms with Gasteiger partial charge in [0, 0.05) is 0 Å². The Bertz CT molecular complexity index is 310. The molecule has 1 aliphatic rings. The van der Waals surface area contributed by atoms with Crippen LogP contribution in [0.15, 0.2) is 0 Å². The van der Waals surface area contributed by atoms with Gasteiger partial charge in [0.1, 0.15) is 0 Å². The average molecular weight is 197 g/mol. The molecule has 2 rings (SSSR count). The summed E-state index contributed by atoms with van der Waals surface area (Å²) in [5, 5.41) is 11.0. The van der Waals surface area contributed by atoms with Crippen LogP contribution in [-0.4, -0.2) is 32.9 Å². The Morgan fingerprint density at radius 1 is 1.57 bits per heavy atom. The molecule has 78 valence electrons. The predicted molar refractivity (Wildman–Crippen MR) is 50.5 cm³/mol. The largest absolute Gasteiger partial charge is 0.376 e. The van der Waals surface area contributed by atoms with Gasteiger partial charge < -0.3 is 10.5 Å². The van der Waals surface area contributed by atoms with Crippen molar-refractivity contribution in [3.8, 4) is 0 Å². The van der Waals surface area contributed by atoms with Gasteiger partial charge in [0.15, 0.2) is 0 Å². The van der Waals surface area contributed by atoms with Crippen LogP contribution >= 0.6 is 0 Å². The van der Waals surface area contributed by atoms with Crippen LogP contribution < -0.4 is 5.73 Å². The van der Waals surface area contributed by atoms with E-state index in [1.165, 1.54) is 0 Å². The number of hydrogen-bond donors (Lipinski definition) is 1. The van der Waals surface area contributed by atoms with E-state index in [0.717, 1.165) is 6.42 Å². The van der Waals surface area contributed by atoms with Crippen molar-refractivity contribution < 1.29 is 4.74 Å². The topological polar surface area (TPSA) is 78.9 Å². The molecule has 0 radical (unpaired) electrons. The van der Waals surface area contributed by atoms with Gasteiger partial charge >= 0.3 is 0 Å². The molecule has 0 aromatic carbocycles. The van der Waals surface area contributed by atoms with Crippen LogP contribution in [0.4, 0.5) is 5.95 Å². The number of hydrogen-bond acceptors (Lipinski definition) is 5. The third-order valence-electron chi connectivity index (χ3n) is 2.61. The zero-order chi connectivity index (χ0) is 10.1. The van der Waals surface area contributed by atoms with Gasteiger partial charge in [-0.05, 0) is 22.8 Å². The van der Waals surface area contributed by atoms with Gasteiger partial charge in [0.05, 0.1) is 18.8 Å². The van der Waals surface area contributed by atoms with Crippen LogP contribution in [0, 0.1) is 5.92 Å². The summed E-state index contributed by atoms with van der Waals surface area (Å²) in [5.74, 6) is 0.890. The highest BCUT2D eigenvalue weighted by Gasteiger charge is 2.30. The molecular formula is C8H15N5O. The summed E-state index contributed by atoms with van der Waals surface area (Å²) in [5.41, 5.74) is 5.61. The minimum absolute atomic E-state index is 0.192. The van der Waals surface area contributed by atoms with E-state index in [-0.39, 0.29) is 6.04 Å². The molecule has 1 aliphatic heterocycles. The van der Waals surface area contributed by atoms with Crippen LogP contribution in [0.2, 0.25) is 0 Å². The highest BCUT2D eigenvalue weighted by molar-refractivity contribution is 5.12. The van der Waals surface area contributed by atoms with Crippen LogP contribution in [0.5, 0.6) is 0 Å². The first-order chi connectivity index (χ1) is 6.68. The van der Waals surface area contributed by atoms with Crippen LogP contribution in [-0.2, 0) is 4.74 Å². The highest BCUT2D eigenvalue weighted by Crippen LogP contribution is 2.28. The highest BCUT2D eigenvalue weighted by atomic mass is 16.5. The van der Waals surface area contributed by atoms with Crippen molar-refractivity contribution >= 4 is 5.95 Å². The Labute approximate surface area is 82.4 Å². The minimum Gasteiger partial charge on any atom is -0.376 e. The third kappa shape index (κ3) is 1.57. The van der Waals surface area contributed by atoms with Gasteiger partial charge in [0.25, 0.3) is 0 Å². The van der Waals surface area contributed by atoms with Crippen molar-refractivity contribution in [3.63, 3.8) is 0 Å². The number of ether oxygens (including phenoxy) is 1. The summed E-state index contributed by atoms with van der Waals surface area (Å²) in [6.45, 7) is 4.95. The Balaban J connectivity index is 2.06. The lowest BCUT2D eigenvalue weighted by Gasteiger charge is -2.12. The Morgan fingerprint density at radius 2 is 2.36 bits per heavy atom. The van der Waals surface area contributed by atoms with Crippen molar-refractivity contribution in [2.24, 2.45) is 5.92 Å².